The summed E-state index contributed by atoms with van der Waals surface area (Å²) in [6.45, 7) is 0.872. The third-order valence-electron chi connectivity index (χ3n) is 3.58. The Kier molecular flexibility index (Phi) is 3.70. The van der Waals surface area contributed by atoms with Crippen molar-refractivity contribution in [2.24, 2.45) is 0 Å². The summed E-state index contributed by atoms with van der Waals surface area (Å²) in [5.74, 6) is -0.0492. The van der Waals surface area contributed by atoms with Crippen molar-refractivity contribution in [1.29, 1.82) is 0 Å². The van der Waals surface area contributed by atoms with E-state index in [-0.39, 0.29) is 11.6 Å². The van der Waals surface area contributed by atoms with E-state index in [0.717, 1.165) is 17.7 Å². The van der Waals surface area contributed by atoms with Crippen molar-refractivity contribution in [3.8, 4) is 16.9 Å². The molecule has 0 radical (unpaired) electrons. The second kappa shape index (κ2) is 5.63. The zero-order valence-corrected chi connectivity index (χ0v) is 11.5. The Hall–Kier alpha value is -1.87. The van der Waals surface area contributed by atoms with Crippen LogP contribution in [0.15, 0.2) is 42.5 Å². The molecule has 0 unspecified atom stereocenters. The molecule has 0 heterocycles. The van der Waals surface area contributed by atoms with E-state index in [1.165, 1.54) is 31.6 Å². The van der Waals surface area contributed by atoms with Crippen LogP contribution in [0.1, 0.15) is 18.4 Å². The number of halogens is 1. The molecule has 1 fully saturated rings. The highest BCUT2D eigenvalue weighted by Crippen LogP contribution is 2.26. The van der Waals surface area contributed by atoms with Crippen LogP contribution < -0.4 is 10.1 Å². The molecule has 2 nitrogen and oxygen atoms in total. The molecule has 0 saturated heterocycles. The molecule has 3 rings (SSSR count). The van der Waals surface area contributed by atoms with Gasteiger partial charge in [-0.25, -0.2) is 4.39 Å². The van der Waals surface area contributed by atoms with Crippen LogP contribution in [-0.4, -0.2) is 13.2 Å². The average Bonchev–Trinajstić information content (AvgIpc) is 3.29. The Labute approximate surface area is 118 Å². The maximum Gasteiger partial charge on any atom is 0.165 e. The molecule has 2 aromatic carbocycles. The van der Waals surface area contributed by atoms with Crippen LogP contribution in [0.2, 0.25) is 0 Å². The molecule has 2 aromatic rings. The summed E-state index contributed by atoms with van der Waals surface area (Å²) in [4.78, 5) is 0. The molecule has 20 heavy (non-hydrogen) atoms. The summed E-state index contributed by atoms with van der Waals surface area (Å²) in [5, 5.41) is 3.49. The molecule has 1 aliphatic rings. The van der Waals surface area contributed by atoms with Gasteiger partial charge in [-0.2, -0.15) is 0 Å². The quantitative estimate of drug-likeness (QED) is 0.894. The van der Waals surface area contributed by atoms with Crippen molar-refractivity contribution < 1.29 is 9.13 Å². The van der Waals surface area contributed by atoms with Gasteiger partial charge in [-0.1, -0.05) is 24.3 Å². The standard InChI is InChI=1S/C17H18FNO/c1-20-17-8-5-14(10-16(17)18)13-4-2-3-12(9-13)11-19-15-6-7-15/h2-5,8-10,15,19H,6-7,11H2,1H3. The van der Waals surface area contributed by atoms with Gasteiger partial charge in [-0.3, -0.25) is 0 Å². The topological polar surface area (TPSA) is 21.3 Å². The SMILES string of the molecule is COc1ccc(-c2cccc(CNC3CC3)c2)cc1F. The number of hydrogen-bond donors (Lipinski definition) is 1. The predicted molar refractivity (Wildman–Crippen MR) is 78.2 cm³/mol. The minimum Gasteiger partial charge on any atom is -0.494 e. The van der Waals surface area contributed by atoms with Gasteiger partial charge in [0, 0.05) is 12.6 Å². The first-order valence-corrected chi connectivity index (χ1v) is 6.92. The fraction of sp³-hybridized carbons (Fsp3) is 0.294. The van der Waals surface area contributed by atoms with Crippen molar-refractivity contribution in [1.82, 2.24) is 5.32 Å². The monoisotopic (exact) mass is 271 g/mol. The molecule has 0 aliphatic heterocycles. The summed E-state index contributed by atoms with van der Waals surface area (Å²) in [6, 6.07) is 14.0. The molecule has 104 valence electrons. The summed E-state index contributed by atoms with van der Waals surface area (Å²) in [6.07, 6.45) is 2.56. The Morgan fingerprint density at radius 3 is 2.65 bits per heavy atom. The third kappa shape index (κ3) is 2.99. The Balaban J connectivity index is 1.81. The van der Waals surface area contributed by atoms with Crippen LogP contribution >= 0.6 is 0 Å². The van der Waals surface area contributed by atoms with Gasteiger partial charge in [0.25, 0.3) is 0 Å². The third-order valence-corrected chi connectivity index (χ3v) is 3.58. The van der Waals surface area contributed by atoms with Gasteiger partial charge in [0.2, 0.25) is 0 Å². The number of hydrogen-bond acceptors (Lipinski definition) is 2. The largest absolute Gasteiger partial charge is 0.494 e. The molecule has 0 amide bonds. The maximum atomic E-state index is 13.8. The van der Waals surface area contributed by atoms with Crippen molar-refractivity contribution in [2.45, 2.75) is 25.4 Å². The second-order valence-corrected chi connectivity index (χ2v) is 5.20. The van der Waals surface area contributed by atoms with E-state index in [4.69, 9.17) is 4.74 Å². The molecule has 1 saturated carbocycles. The van der Waals surface area contributed by atoms with Crippen molar-refractivity contribution in [3.05, 3.63) is 53.8 Å². The van der Waals surface area contributed by atoms with Gasteiger partial charge in [-0.05, 0) is 47.7 Å². The lowest BCUT2D eigenvalue weighted by molar-refractivity contribution is 0.386. The summed E-state index contributed by atoms with van der Waals surface area (Å²) >= 11 is 0. The normalized spacial score (nSPS) is 14.3. The number of nitrogens with one attached hydrogen (secondary N) is 1. The first-order chi connectivity index (χ1) is 9.76. The molecule has 0 atom stereocenters. The summed E-state index contributed by atoms with van der Waals surface area (Å²) in [5.41, 5.74) is 3.13. The van der Waals surface area contributed by atoms with E-state index in [2.05, 4.69) is 17.4 Å². The Morgan fingerprint density at radius 1 is 1.15 bits per heavy atom. The van der Waals surface area contributed by atoms with E-state index in [1.54, 1.807) is 6.07 Å². The van der Waals surface area contributed by atoms with Crippen LogP contribution in [-0.2, 0) is 6.54 Å². The minimum absolute atomic E-state index is 0.278. The number of ether oxygens (including phenoxy) is 1. The van der Waals surface area contributed by atoms with Gasteiger partial charge in [0.15, 0.2) is 11.6 Å². The molecule has 0 spiro atoms. The lowest BCUT2D eigenvalue weighted by Crippen LogP contribution is -2.15. The molecule has 1 aliphatic carbocycles. The van der Waals surface area contributed by atoms with Gasteiger partial charge >= 0.3 is 0 Å². The molecule has 3 heteroatoms. The highest BCUT2D eigenvalue weighted by atomic mass is 19.1. The molecule has 0 aromatic heterocycles. The molecular formula is C17H18FNO. The number of rotatable bonds is 5. The van der Waals surface area contributed by atoms with Gasteiger partial charge in [-0.15, -0.1) is 0 Å². The van der Waals surface area contributed by atoms with Gasteiger partial charge in [0.1, 0.15) is 0 Å². The fourth-order valence-electron chi connectivity index (χ4n) is 2.26. The van der Waals surface area contributed by atoms with Gasteiger partial charge in [0.05, 0.1) is 7.11 Å². The smallest absolute Gasteiger partial charge is 0.165 e. The number of methoxy groups -OCH3 is 1. The van der Waals surface area contributed by atoms with Crippen LogP contribution in [0.4, 0.5) is 4.39 Å². The zero-order valence-electron chi connectivity index (χ0n) is 11.5. The Morgan fingerprint density at radius 2 is 1.95 bits per heavy atom. The average molecular weight is 271 g/mol. The van der Waals surface area contributed by atoms with Crippen LogP contribution in [0.3, 0.4) is 0 Å². The molecule has 1 N–H and O–H groups in total. The van der Waals surface area contributed by atoms with E-state index < -0.39 is 0 Å². The minimum atomic E-state index is -0.327. The predicted octanol–water partition coefficient (Wildman–Crippen LogP) is 3.75. The van der Waals surface area contributed by atoms with Crippen molar-refractivity contribution >= 4 is 0 Å². The van der Waals surface area contributed by atoms with Crippen molar-refractivity contribution in [3.63, 3.8) is 0 Å². The summed E-state index contributed by atoms with van der Waals surface area (Å²) in [7, 11) is 1.47. The summed E-state index contributed by atoms with van der Waals surface area (Å²) < 4.78 is 18.7. The van der Waals surface area contributed by atoms with E-state index in [1.807, 2.05) is 18.2 Å². The lowest BCUT2D eigenvalue weighted by atomic mass is 10.0. The molecular weight excluding hydrogens is 253 g/mol. The first kappa shape index (κ1) is 13.1. The fourth-order valence-corrected chi connectivity index (χ4v) is 2.26. The Bertz CT molecular complexity index is 608. The number of benzene rings is 2. The van der Waals surface area contributed by atoms with Gasteiger partial charge < -0.3 is 10.1 Å². The highest BCUT2D eigenvalue weighted by Gasteiger charge is 2.19. The van der Waals surface area contributed by atoms with E-state index in [0.29, 0.717) is 6.04 Å². The van der Waals surface area contributed by atoms with Crippen LogP contribution in [0.5, 0.6) is 5.75 Å². The van der Waals surface area contributed by atoms with E-state index in [9.17, 15) is 4.39 Å². The van der Waals surface area contributed by atoms with Crippen molar-refractivity contribution in [2.75, 3.05) is 7.11 Å². The zero-order chi connectivity index (χ0) is 13.9. The van der Waals surface area contributed by atoms with E-state index >= 15 is 0 Å². The maximum absolute atomic E-state index is 13.8. The molecule has 0 bridgehead atoms. The van der Waals surface area contributed by atoms with Crippen LogP contribution in [0, 0.1) is 5.82 Å². The highest BCUT2D eigenvalue weighted by molar-refractivity contribution is 5.65. The van der Waals surface area contributed by atoms with Crippen LogP contribution in [0.25, 0.3) is 11.1 Å². The second-order valence-electron chi connectivity index (χ2n) is 5.20. The first-order valence-electron chi connectivity index (χ1n) is 6.92. The lowest BCUT2D eigenvalue weighted by Gasteiger charge is -2.08.